The Morgan fingerprint density at radius 3 is 2.29 bits per heavy atom. The highest BCUT2D eigenvalue weighted by Gasteiger charge is 2.18. The minimum atomic E-state index is -4.03. The molecule has 1 N–H and O–H groups in total. The van der Waals surface area contributed by atoms with Crippen molar-refractivity contribution in [2.24, 2.45) is 0 Å². The second-order valence-electron chi connectivity index (χ2n) is 4.21. The standard InChI is InChI=1S/C15H15NO4S/c1-2-16-13-10-6-7-11-14(15(13)17)20-21(18,19)12-8-4-3-5-9-12/h3-11H,2H2,1H3,(H,16,17). The highest BCUT2D eigenvalue weighted by atomic mass is 32.2. The molecule has 0 unspecified atom stereocenters. The summed E-state index contributed by atoms with van der Waals surface area (Å²) in [6, 6.07) is 13.8. The van der Waals surface area contributed by atoms with Crippen LogP contribution in [0.1, 0.15) is 6.92 Å². The van der Waals surface area contributed by atoms with Crippen LogP contribution in [0, 0.1) is 0 Å². The lowest BCUT2D eigenvalue weighted by Gasteiger charge is -2.06. The Labute approximate surface area is 123 Å². The number of hydrogen-bond donors (Lipinski definition) is 1. The minimum Gasteiger partial charge on any atom is -0.382 e. The van der Waals surface area contributed by atoms with Gasteiger partial charge >= 0.3 is 10.1 Å². The second-order valence-corrected chi connectivity index (χ2v) is 5.75. The number of hydrogen-bond acceptors (Lipinski definition) is 5. The van der Waals surface area contributed by atoms with Crippen molar-refractivity contribution in [1.82, 2.24) is 0 Å². The minimum absolute atomic E-state index is 0.000840. The van der Waals surface area contributed by atoms with Crippen LogP contribution < -0.4 is 14.9 Å². The van der Waals surface area contributed by atoms with E-state index in [0.29, 0.717) is 12.2 Å². The van der Waals surface area contributed by atoms with Crippen molar-refractivity contribution < 1.29 is 12.6 Å². The normalized spacial score (nSPS) is 10.9. The fourth-order valence-electron chi connectivity index (χ4n) is 1.73. The summed E-state index contributed by atoms with van der Waals surface area (Å²) in [5.41, 5.74) is -0.206. The van der Waals surface area contributed by atoms with Crippen molar-refractivity contribution in [1.29, 1.82) is 0 Å². The van der Waals surface area contributed by atoms with Gasteiger partial charge in [-0.15, -0.1) is 0 Å². The number of anilines is 1. The molecule has 0 saturated carbocycles. The molecule has 0 heterocycles. The van der Waals surface area contributed by atoms with E-state index in [0.717, 1.165) is 0 Å². The lowest BCUT2D eigenvalue weighted by Crippen LogP contribution is -2.16. The van der Waals surface area contributed by atoms with Gasteiger partial charge in [0.25, 0.3) is 0 Å². The smallest absolute Gasteiger partial charge is 0.339 e. The van der Waals surface area contributed by atoms with Crippen LogP contribution in [-0.4, -0.2) is 15.0 Å². The zero-order valence-corrected chi connectivity index (χ0v) is 12.3. The molecule has 5 nitrogen and oxygen atoms in total. The van der Waals surface area contributed by atoms with Crippen molar-refractivity contribution >= 4 is 15.8 Å². The molecule has 2 rings (SSSR count). The summed E-state index contributed by atoms with van der Waals surface area (Å²) >= 11 is 0. The van der Waals surface area contributed by atoms with E-state index in [1.165, 1.54) is 18.2 Å². The van der Waals surface area contributed by atoms with Crippen LogP contribution >= 0.6 is 0 Å². The zero-order valence-electron chi connectivity index (χ0n) is 11.4. The van der Waals surface area contributed by atoms with Gasteiger partial charge in [-0.1, -0.05) is 30.3 Å². The first-order valence-corrected chi connectivity index (χ1v) is 7.82. The van der Waals surface area contributed by atoms with Crippen molar-refractivity contribution in [2.75, 3.05) is 11.9 Å². The Kier molecular flexibility index (Phi) is 4.59. The Morgan fingerprint density at radius 2 is 1.62 bits per heavy atom. The summed E-state index contributed by atoms with van der Waals surface area (Å²) in [5, 5.41) is 2.87. The third-order valence-electron chi connectivity index (χ3n) is 2.69. The van der Waals surface area contributed by atoms with E-state index in [1.807, 2.05) is 6.92 Å². The van der Waals surface area contributed by atoms with E-state index in [1.54, 1.807) is 36.4 Å². The van der Waals surface area contributed by atoms with Crippen LogP contribution in [0.5, 0.6) is 5.75 Å². The molecule has 0 radical (unpaired) electrons. The molecular weight excluding hydrogens is 290 g/mol. The monoisotopic (exact) mass is 305 g/mol. The summed E-state index contributed by atoms with van der Waals surface area (Å²) < 4.78 is 29.3. The van der Waals surface area contributed by atoms with Crippen molar-refractivity contribution in [3.63, 3.8) is 0 Å². The molecule has 21 heavy (non-hydrogen) atoms. The molecule has 0 aliphatic carbocycles. The molecular formula is C15H15NO4S. The Hall–Kier alpha value is -2.34. The third-order valence-corrected chi connectivity index (χ3v) is 3.94. The fraction of sp³-hybridized carbons (Fsp3) is 0.133. The summed E-state index contributed by atoms with van der Waals surface area (Å²) in [6.45, 7) is 2.39. The van der Waals surface area contributed by atoms with Crippen LogP contribution in [0.4, 0.5) is 5.69 Å². The predicted octanol–water partition coefficient (Wildman–Crippen LogP) is 2.25. The van der Waals surface area contributed by atoms with E-state index in [4.69, 9.17) is 4.18 Å². The first kappa shape index (κ1) is 15.1. The number of rotatable bonds is 5. The average Bonchev–Trinajstić information content (AvgIpc) is 2.64. The van der Waals surface area contributed by atoms with E-state index in [2.05, 4.69) is 5.32 Å². The van der Waals surface area contributed by atoms with Crippen LogP contribution in [0.3, 0.4) is 0 Å². The lowest BCUT2D eigenvalue weighted by atomic mass is 10.4. The molecule has 2 aromatic rings. The first-order chi connectivity index (χ1) is 10.0. The Balaban J connectivity index is 2.43. The van der Waals surface area contributed by atoms with Crippen molar-refractivity contribution in [3.8, 4) is 5.75 Å². The molecule has 6 heteroatoms. The first-order valence-electron chi connectivity index (χ1n) is 6.41. The Bertz CT molecular complexity index is 773. The van der Waals surface area contributed by atoms with Crippen LogP contribution in [0.25, 0.3) is 0 Å². The molecule has 0 amide bonds. The SMILES string of the molecule is CCNc1ccccc(OS(=O)(=O)c2ccccc2)c1=O. The van der Waals surface area contributed by atoms with Gasteiger partial charge in [-0.25, -0.2) is 0 Å². The van der Waals surface area contributed by atoms with Gasteiger partial charge in [0.2, 0.25) is 5.43 Å². The highest BCUT2D eigenvalue weighted by Crippen LogP contribution is 2.16. The summed E-state index contributed by atoms with van der Waals surface area (Å²) in [5.74, 6) is -0.236. The molecule has 2 aromatic carbocycles. The average molecular weight is 305 g/mol. The van der Waals surface area contributed by atoms with Gasteiger partial charge in [0.1, 0.15) is 4.90 Å². The second kappa shape index (κ2) is 6.41. The molecule has 0 atom stereocenters. The summed E-state index contributed by atoms with van der Waals surface area (Å²) in [7, 11) is -4.03. The maximum Gasteiger partial charge on any atom is 0.339 e. The van der Waals surface area contributed by atoms with Crippen LogP contribution in [-0.2, 0) is 10.1 Å². The van der Waals surface area contributed by atoms with Gasteiger partial charge < -0.3 is 9.50 Å². The quantitative estimate of drug-likeness (QED) is 0.858. The van der Waals surface area contributed by atoms with Gasteiger partial charge in [-0.3, -0.25) is 4.79 Å². The maximum atomic E-state index is 12.2. The van der Waals surface area contributed by atoms with Crippen LogP contribution in [0.15, 0.2) is 64.3 Å². The van der Waals surface area contributed by atoms with E-state index >= 15 is 0 Å². The molecule has 0 aromatic heterocycles. The molecule has 0 bridgehead atoms. The number of benzene rings is 1. The van der Waals surface area contributed by atoms with Crippen LogP contribution in [0.2, 0.25) is 0 Å². The Morgan fingerprint density at radius 1 is 1.00 bits per heavy atom. The predicted molar refractivity (Wildman–Crippen MR) is 81.1 cm³/mol. The molecule has 0 aliphatic rings. The highest BCUT2D eigenvalue weighted by molar-refractivity contribution is 7.87. The maximum absolute atomic E-state index is 12.2. The molecule has 0 fully saturated rings. The van der Waals surface area contributed by atoms with E-state index < -0.39 is 15.5 Å². The van der Waals surface area contributed by atoms with Gasteiger partial charge in [0.05, 0.1) is 5.69 Å². The zero-order chi connectivity index (χ0) is 15.3. The van der Waals surface area contributed by atoms with Gasteiger partial charge in [0.15, 0.2) is 5.75 Å². The van der Waals surface area contributed by atoms with Crippen molar-refractivity contribution in [2.45, 2.75) is 11.8 Å². The topological polar surface area (TPSA) is 72.5 Å². The number of nitrogens with one attached hydrogen (secondary N) is 1. The van der Waals surface area contributed by atoms with Gasteiger partial charge in [0, 0.05) is 6.54 Å². The van der Waals surface area contributed by atoms with Crippen molar-refractivity contribution in [3.05, 3.63) is 64.8 Å². The third kappa shape index (κ3) is 3.61. The molecule has 0 aliphatic heterocycles. The lowest BCUT2D eigenvalue weighted by molar-refractivity contribution is 0.484. The molecule has 110 valence electrons. The van der Waals surface area contributed by atoms with Gasteiger partial charge in [-0.2, -0.15) is 8.42 Å². The largest absolute Gasteiger partial charge is 0.382 e. The van der Waals surface area contributed by atoms with E-state index in [-0.39, 0.29) is 10.6 Å². The summed E-state index contributed by atoms with van der Waals surface area (Å²) in [4.78, 5) is 12.2. The fourth-order valence-corrected chi connectivity index (χ4v) is 2.68. The molecule has 0 spiro atoms. The molecule has 0 saturated heterocycles. The summed E-state index contributed by atoms with van der Waals surface area (Å²) in [6.07, 6.45) is 0. The van der Waals surface area contributed by atoms with E-state index in [9.17, 15) is 13.2 Å². The van der Waals surface area contributed by atoms with Gasteiger partial charge in [-0.05, 0) is 31.2 Å².